The zero-order valence-corrected chi connectivity index (χ0v) is 11.9. The number of hydrogen-bond donors (Lipinski definition) is 3. The molecule has 0 bridgehead atoms. The molecule has 0 radical (unpaired) electrons. The third-order valence-corrected chi connectivity index (χ3v) is 3.81. The molecule has 9 heteroatoms. The smallest absolute Gasteiger partial charge is 0.313 e. The van der Waals surface area contributed by atoms with Gasteiger partial charge in [0.05, 0.1) is 23.2 Å². The number of aromatic nitrogens is 2. The second kappa shape index (κ2) is 5.78. The van der Waals surface area contributed by atoms with E-state index in [4.69, 9.17) is 5.11 Å². The van der Waals surface area contributed by atoms with Crippen molar-refractivity contribution >= 4 is 28.7 Å². The van der Waals surface area contributed by atoms with Gasteiger partial charge in [0.2, 0.25) is 0 Å². The van der Waals surface area contributed by atoms with Crippen LogP contribution in [0.1, 0.15) is 11.8 Å². The number of hydrogen-bond acceptors (Lipinski definition) is 6. The number of rotatable bonds is 3. The fraction of sp³-hybridized carbons (Fsp3) is 0.154. The van der Waals surface area contributed by atoms with E-state index in [1.807, 2.05) is 0 Å². The van der Waals surface area contributed by atoms with E-state index in [2.05, 4.69) is 15.4 Å². The zero-order chi connectivity index (χ0) is 15.7. The first kappa shape index (κ1) is 14.5. The molecule has 1 aromatic heterocycles. The number of aliphatic carboxylic acids is 1. The highest BCUT2D eigenvalue weighted by Gasteiger charge is 2.25. The van der Waals surface area contributed by atoms with Gasteiger partial charge in [-0.15, -0.1) is 0 Å². The van der Waals surface area contributed by atoms with Crippen molar-refractivity contribution in [2.45, 2.75) is 6.23 Å². The summed E-state index contributed by atoms with van der Waals surface area (Å²) in [6, 6.07) is 5.67. The Bertz CT molecular complexity index is 744. The quantitative estimate of drug-likeness (QED) is 0.790. The van der Waals surface area contributed by atoms with Crippen molar-refractivity contribution in [3.63, 3.8) is 0 Å². The summed E-state index contributed by atoms with van der Waals surface area (Å²) in [5.74, 6) is -1.15. The molecule has 1 aliphatic heterocycles. The number of aliphatic hydroxyl groups excluding tert-OH is 1. The Morgan fingerprint density at radius 1 is 1.41 bits per heavy atom. The average molecular weight is 322 g/mol. The number of thioether (sulfide) groups is 1. The van der Waals surface area contributed by atoms with Crippen LogP contribution in [0.15, 0.2) is 35.5 Å². The lowest BCUT2D eigenvalue weighted by Crippen LogP contribution is -2.29. The molecule has 114 valence electrons. The lowest BCUT2D eigenvalue weighted by atomic mass is 10.2. The largest absolute Gasteiger partial charge is 0.481 e. The van der Waals surface area contributed by atoms with Gasteiger partial charge in [0.15, 0.2) is 17.2 Å². The van der Waals surface area contributed by atoms with E-state index in [0.717, 1.165) is 11.8 Å². The highest BCUT2D eigenvalue weighted by atomic mass is 32.2. The molecule has 0 fully saturated rings. The topological polar surface area (TPSA) is 99.7 Å². The first-order chi connectivity index (χ1) is 10.5. The normalized spacial score (nSPS) is 16.6. The third-order valence-electron chi connectivity index (χ3n) is 2.94. The molecule has 2 heterocycles. The Morgan fingerprint density at radius 3 is 2.82 bits per heavy atom. The van der Waals surface area contributed by atoms with E-state index in [1.54, 1.807) is 0 Å². The maximum atomic E-state index is 13.0. The van der Waals surface area contributed by atoms with Crippen molar-refractivity contribution in [3.05, 3.63) is 41.8 Å². The van der Waals surface area contributed by atoms with Crippen molar-refractivity contribution in [3.8, 4) is 5.69 Å². The Kier molecular flexibility index (Phi) is 3.82. The number of carbonyl (C=O) groups is 1. The summed E-state index contributed by atoms with van der Waals surface area (Å²) in [5.41, 5.74) is 1.05. The molecule has 7 nitrogen and oxygen atoms in total. The van der Waals surface area contributed by atoms with Gasteiger partial charge in [-0.1, -0.05) is 11.8 Å². The van der Waals surface area contributed by atoms with E-state index in [-0.39, 0.29) is 16.7 Å². The molecular formula is C13H11FN4O3S. The minimum absolute atomic E-state index is 0.182. The van der Waals surface area contributed by atoms with Gasteiger partial charge >= 0.3 is 5.97 Å². The minimum Gasteiger partial charge on any atom is -0.481 e. The summed E-state index contributed by atoms with van der Waals surface area (Å²) < 4.78 is 14.5. The first-order valence-electron chi connectivity index (χ1n) is 6.26. The van der Waals surface area contributed by atoms with Crippen molar-refractivity contribution in [1.29, 1.82) is 0 Å². The molecule has 0 spiro atoms. The second-order valence-corrected chi connectivity index (χ2v) is 5.42. The Hall–Kier alpha value is -2.39. The molecule has 3 rings (SSSR count). The van der Waals surface area contributed by atoms with E-state index >= 15 is 0 Å². The van der Waals surface area contributed by atoms with Crippen LogP contribution in [0, 0.1) is 5.82 Å². The highest BCUT2D eigenvalue weighted by molar-refractivity contribution is 8.14. The van der Waals surface area contributed by atoms with Crippen LogP contribution in [-0.2, 0) is 4.79 Å². The van der Waals surface area contributed by atoms with E-state index in [1.165, 1.54) is 35.1 Å². The lowest BCUT2D eigenvalue weighted by molar-refractivity contribution is -0.133. The Morgan fingerprint density at radius 2 is 2.14 bits per heavy atom. The second-order valence-electron chi connectivity index (χ2n) is 4.46. The first-order valence-corrected chi connectivity index (χ1v) is 7.25. The number of nitrogens with one attached hydrogen (secondary N) is 1. The summed E-state index contributed by atoms with van der Waals surface area (Å²) in [5, 5.41) is 25.9. The van der Waals surface area contributed by atoms with Crippen molar-refractivity contribution in [1.82, 2.24) is 15.1 Å². The number of benzene rings is 1. The fourth-order valence-corrected chi connectivity index (χ4v) is 2.56. The average Bonchev–Trinajstić information content (AvgIpc) is 2.90. The summed E-state index contributed by atoms with van der Waals surface area (Å²) in [4.78, 5) is 14.9. The van der Waals surface area contributed by atoms with Crippen molar-refractivity contribution < 1.29 is 19.4 Å². The lowest BCUT2D eigenvalue weighted by Gasteiger charge is -2.20. The molecule has 1 atom stereocenters. The third kappa shape index (κ3) is 2.81. The number of aliphatic hydroxyl groups is 1. The van der Waals surface area contributed by atoms with E-state index in [0.29, 0.717) is 17.1 Å². The van der Waals surface area contributed by atoms with Crippen LogP contribution in [0.4, 0.5) is 10.2 Å². The molecule has 1 aliphatic rings. The molecule has 1 aromatic carbocycles. The van der Waals surface area contributed by atoms with Crippen LogP contribution in [-0.4, -0.2) is 36.9 Å². The molecule has 22 heavy (non-hydrogen) atoms. The monoisotopic (exact) mass is 322 g/mol. The number of fused-ring (bicyclic) bond motifs is 1. The van der Waals surface area contributed by atoms with Gasteiger partial charge in [0.1, 0.15) is 5.82 Å². The van der Waals surface area contributed by atoms with Gasteiger partial charge in [-0.05, 0) is 24.3 Å². The van der Waals surface area contributed by atoms with Crippen molar-refractivity contribution in [2.75, 3.05) is 5.75 Å². The summed E-state index contributed by atoms with van der Waals surface area (Å²) >= 11 is 0.961. The predicted molar refractivity (Wildman–Crippen MR) is 78.8 cm³/mol. The number of amidine groups is 1. The van der Waals surface area contributed by atoms with Crippen LogP contribution in [0.25, 0.3) is 5.69 Å². The number of nitrogens with zero attached hydrogens (tertiary/aromatic N) is 3. The molecule has 2 aromatic rings. The van der Waals surface area contributed by atoms with Gasteiger partial charge in [0, 0.05) is 0 Å². The number of halogens is 1. The molecule has 0 saturated carbocycles. The SMILES string of the molecule is O=C(O)CSC1=Nc2c(cnn2-c2ccc(F)cc2)C(O)N1. The van der Waals surface area contributed by atoms with Gasteiger partial charge in [-0.25, -0.2) is 14.1 Å². The minimum atomic E-state index is -1.03. The maximum Gasteiger partial charge on any atom is 0.313 e. The zero-order valence-electron chi connectivity index (χ0n) is 11.1. The molecule has 0 saturated heterocycles. The number of carboxylic acids is 1. The summed E-state index contributed by atoms with van der Waals surface area (Å²) in [6.07, 6.45) is 0.427. The van der Waals surface area contributed by atoms with Crippen LogP contribution in [0.3, 0.4) is 0 Å². The standard InChI is InChI=1S/C13H11FN4O3S/c14-7-1-3-8(4-2-7)18-11-9(5-15-18)12(21)17-13(16-11)22-6-10(19)20/h1-5,12,21H,6H2,(H,16,17)(H,19,20). The fourth-order valence-electron chi connectivity index (χ4n) is 1.96. The Labute approximate surface area is 128 Å². The molecular weight excluding hydrogens is 311 g/mol. The summed E-state index contributed by atoms with van der Waals surface area (Å²) in [7, 11) is 0. The highest BCUT2D eigenvalue weighted by Crippen LogP contribution is 2.31. The van der Waals surface area contributed by atoms with Crippen LogP contribution < -0.4 is 5.32 Å². The van der Waals surface area contributed by atoms with Gasteiger partial charge in [0.25, 0.3) is 0 Å². The molecule has 0 aliphatic carbocycles. The van der Waals surface area contributed by atoms with Crippen molar-refractivity contribution in [2.24, 2.45) is 4.99 Å². The van der Waals surface area contributed by atoms with Gasteiger partial charge < -0.3 is 15.5 Å². The van der Waals surface area contributed by atoms with E-state index in [9.17, 15) is 14.3 Å². The van der Waals surface area contributed by atoms with Gasteiger partial charge in [-0.2, -0.15) is 5.10 Å². The Balaban J connectivity index is 1.97. The number of carboxylic acid groups (broad SMARTS) is 1. The molecule has 0 amide bonds. The van der Waals surface area contributed by atoms with Crippen LogP contribution in [0.2, 0.25) is 0 Å². The maximum absolute atomic E-state index is 13.0. The predicted octanol–water partition coefficient (Wildman–Crippen LogP) is 1.41. The van der Waals surface area contributed by atoms with Crippen LogP contribution in [0.5, 0.6) is 0 Å². The molecule has 1 unspecified atom stereocenters. The number of aliphatic imine (C=N–C) groups is 1. The molecule has 3 N–H and O–H groups in total. The van der Waals surface area contributed by atoms with E-state index < -0.39 is 12.2 Å². The van der Waals surface area contributed by atoms with Crippen LogP contribution >= 0.6 is 11.8 Å². The van der Waals surface area contributed by atoms with Gasteiger partial charge in [-0.3, -0.25) is 4.79 Å². The summed E-state index contributed by atoms with van der Waals surface area (Å²) in [6.45, 7) is 0.